The average molecular weight is 774 g/mol. The van der Waals surface area contributed by atoms with Crippen molar-refractivity contribution in [1.82, 2.24) is 0 Å². The minimum absolute atomic E-state index is 1.10. The predicted molar refractivity (Wildman–Crippen MR) is 262 cm³/mol. The molecule has 0 N–H and O–H groups in total. The summed E-state index contributed by atoms with van der Waals surface area (Å²) in [5.41, 5.74) is 10.6. The van der Waals surface area contributed by atoms with Crippen LogP contribution in [0.1, 0.15) is 0 Å². The molecule has 0 unspecified atom stereocenters. The lowest BCUT2D eigenvalue weighted by molar-refractivity contribution is 1.30. The lowest BCUT2D eigenvalue weighted by atomic mass is 9.84. The van der Waals surface area contributed by atoms with Gasteiger partial charge < -0.3 is 4.90 Å². The summed E-state index contributed by atoms with van der Waals surface area (Å²) >= 11 is 0. The number of benzene rings is 12. The molecule has 0 amide bonds. The fraction of sp³-hybridized carbons (Fsp3) is 0. The van der Waals surface area contributed by atoms with Crippen LogP contribution in [0.2, 0.25) is 0 Å². The summed E-state index contributed by atoms with van der Waals surface area (Å²) in [4.78, 5) is 2.45. The van der Waals surface area contributed by atoms with Crippen molar-refractivity contribution in [3.8, 4) is 33.4 Å². The average Bonchev–Trinajstić information content (AvgIpc) is 3.34. The molecule has 61 heavy (non-hydrogen) atoms. The summed E-state index contributed by atoms with van der Waals surface area (Å²) in [5.74, 6) is 0. The van der Waals surface area contributed by atoms with Gasteiger partial charge in [-0.15, -0.1) is 0 Å². The first-order chi connectivity index (χ1) is 30.3. The van der Waals surface area contributed by atoms with Crippen LogP contribution < -0.4 is 4.90 Å². The van der Waals surface area contributed by atoms with E-state index in [9.17, 15) is 0 Å². The lowest BCUT2D eigenvalue weighted by Crippen LogP contribution is -2.10. The molecule has 1 heteroatoms. The van der Waals surface area contributed by atoms with Gasteiger partial charge in [0.25, 0.3) is 0 Å². The van der Waals surface area contributed by atoms with Crippen molar-refractivity contribution in [3.63, 3.8) is 0 Å². The normalized spacial score (nSPS) is 11.6. The van der Waals surface area contributed by atoms with E-state index in [0.717, 1.165) is 22.6 Å². The molecule has 0 radical (unpaired) electrons. The van der Waals surface area contributed by atoms with E-state index in [1.165, 1.54) is 92.5 Å². The number of fused-ring (bicyclic) bond motifs is 9. The van der Waals surface area contributed by atoms with Gasteiger partial charge in [-0.1, -0.05) is 200 Å². The Morgan fingerprint density at radius 3 is 1.43 bits per heavy atom. The van der Waals surface area contributed by atoms with Crippen molar-refractivity contribution in [2.75, 3.05) is 4.90 Å². The number of hydrogen-bond acceptors (Lipinski definition) is 1. The number of hydrogen-bond donors (Lipinski definition) is 0. The smallest absolute Gasteiger partial charge is 0.0540 e. The molecule has 1 nitrogen and oxygen atoms in total. The highest BCUT2D eigenvalue weighted by molar-refractivity contribution is 6.22. The van der Waals surface area contributed by atoms with Crippen LogP contribution in [0.25, 0.3) is 98.0 Å². The monoisotopic (exact) mass is 773 g/mol. The van der Waals surface area contributed by atoms with Crippen molar-refractivity contribution in [3.05, 3.63) is 237 Å². The van der Waals surface area contributed by atoms with Gasteiger partial charge in [-0.25, -0.2) is 0 Å². The second kappa shape index (κ2) is 14.4. The fourth-order valence-corrected chi connectivity index (χ4v) is 9.79. The molecule has 0 aliphatic heterocycles. The number of anilines is 3. The Balaban J connectivity index is 1.09. The summed E-state index contributed by atoms with van der Waals surface area (Å²) in [6, 6.07) is 86.9. The molecular formula is C60H39N. The van der Waals surface area contributed by atoms with Crippen LogP contribution in [0.5, 0.6) is 0 Å². The second-order valence-electron chi connectivity index (χ2n) is 16.0. The summed E-state index contributed by atoms with van der Waals surface area (Å²) in [7, 11) is 0. The van der Waals surface area contributed by atoms with Gasteiger partial charge in [0, 0.05) is 16.8 Å². The third kappa shape index (κ3) is 5.86. The molecule has 0 heterocycles. The van der Waals surface area contributed by atoms with Crippen LogP contribution in [-0.2, 0) is 0 Å². The Kier molecular flexibility index (Phi) is 8.25. The minimum Gasteiger partial charge on any atom is -0.310 e. The van der Waals surface area contributed by atoms with E-state index in [1.54, 1.807) is 0 Å². The highest BCUT2D eigenvalue weighted by atomic mass is 15.1. The Labute approximate surface area is 355 Å². The van der Waals surface area contributed by atoms with Crippen molar-refractivity contribution in [1.29, 1.82) is 0 Å². The summed E-state index contributed by atoms with van der Waals surface area (Å²) in [6.07, 6.45) is 0. The molecule has 0 fully saturated rings. The minimum atomic E-state index is 1.10. The van der Waals surface area contributed by atoms with E-state index < -0.39 is 0 Å². The Morgan fingerprint density at radius 1 is 0.213 bits per heavy atom. The molecule has 12 rings (SSSR count). The first-order valence-corrected chi connectivity index (χ1v) is 21.1. The molecule has 0 saturated carbocycles. The first-order valence-electron chi connectivity index (χ1n) is 21.1. The van der Waals surface area contributed by atoms with Gasteiger partial charge in [-0.2, -0.15) is 0 Å². The van der Waals surface area contributed by atoms with Gasteiger partial charge in [-0.05, 0) is 129 Å². The molecule has 0 aliphatic carbocycles. The Bertz CT molecular complexity index is 3640. The van der Waals surface area contributed by atoms with Crippen LogP contribution in [0.3, 0.4) is 0 Å². The van der Waals surface area contributed by atoms with E-state index in [4.69, 9.17) is 0 Å². The van der Waals surface area contributed by atoms with Gasteiger partial charge in [0.2, 0.25) is 0 Å². The first kappa shape index (κ1) is 35.0. The largest absolute Gasteiger partial charge is 0.310 e. The molecular weight excluding hydrogens is 735 g/mol. The predicted octanol–water partition coefficient (Wildman–Crippen LogP) is 17.1. The van der Waals surface area contributed by atoms with Crippen molar-refractivity contribution in [2.24, 2.45) is 0 Å². The van der Waals surface area contributed by atoms with Gasteiger partial charge >= 0.3 is 0 Å². The van der Waals surface area contributed by atoms with Crippen LogP contribution in [-0.4, -0.2) is 0 Å². The molecule has 0 saturated heterocycles. The molecule has 0 spiro atoms. The Morgan fingerprint density at radius 2 is 0.672 bits per heavy atom. The van der Waals surface area contributed by atoms with Gasteiger partial charge in [0.15, 0.2) is 0 Å². The lowest BCUT2D eigenvalue weighted by Gasteiger charge is -2.28. The third-order valence-electron chi connectivity index (χ3n) is 12.6. The fourth-order valence-electron chi connectivity index (χ4n) is 9.79. The highest BCUT2D eigenvalue weighted by Crippen LogP contribution is 2.47. The summed E-state index contributed by atoms with van der Waals surface area (Å²) in [6.45, 7) is 0. The standard InChI is InChI=1S/C60H39N/c1-3-17-42(18-4-1)59-56-26-12-11-25-53(56)54-34-32-45(39-57(54)60(59)43-19-5-2-6-20-43)44-21-13-22-47(37-44)61(48-33-36-51-46(38-48)30-29-40-15-7-9-23-49(40)51)58-28-14-27-52-50-24-10-8-16-41(50)31-35-55(52)58/h1-39H. The molecule has 0 aromatic heterocycles. The van der Waals surface area contributed by atoms with Crippen molar-refractivity contribution < 1.29 is 0 Å². The molecule has 284 valence electrons. The zero-order valence-corrected chi connectivity index (χ0v) is 33.5. The maximum atomic E-state index is 2.45. The van der Waals surface area contributed by atoms with Crippen molar-refractivity contribution >= 4 is 81.7 Å². The maximum Gasteiger partial charge on any atom is 0.0540 e. The summed E-state index contributed by atoms with van der Waals surface area (Å²) in [5, 5.41) is 15.0. The SMILES string of the molecule is c1ccc(-c2c(-c3ccccc3)c3cc(-c4cccc(N(c5ccc6c(ccc7ccccc76)c5)c5cccc6c5ccc5ccccc56)c4)ccc3c3ccccc23)cc1. The number of rotatable bonds is 6. The quantitative estimate of drug-likeness (QED) is 0.152. The highest BCUT2D eigenvalue weighted by Gasteiger charge is 2.20. The van der Waals surface area contributed by atoms with Crippen molar-refractivity contribution in [2.45, 2.75) is 0 Å². The van der Waals surface area contributed by atoms with Gasteiger partial charge in [0.1, 0.15) is 0 Å². The Hall–Kier alpha value is -8.00. The van der Waals surface area contributed by atoms with Crippen LogP contribution in [0.15, 0.2) is 237 Å². The van der Waals surface area contributed by atoms with Crippen LogP contribution in [0.4, 0.5) is 17.1 Å². The van der Waals surface area contributed by atoms with E-state index in [1.807, 2.05) is 0 Å². The molecule has 0 atom stereocenters. The van der Waals surface area contributed by atoms with E-state index in [0.29, 0.717) is 0 Å². The van der Waals surface area contributed by atoms with E-state index in [2.05, 4.69) is 241 Å². The topological polar surface area (TPSA) is 3.24 Å². The maximum absolute atomic E-state index is 2.45. The molecule has 12 aromatic rings. The molecule has 12 aromatic carbocycles. The zero-order chi connectivity index (χ0) is 40.3. The zero-order valence-electron chi connectivity index (χ0n) is 33.5. The summed E-state index contributed by atoms with van der Waals surface area (Å²) < 4.78 is 0. The third-order valence-corrected chi connectivity index (χ3v) is 12.6. The molecule has 0 aliphatic rings. The number of nitrogens with zero attached hydrogens (tertiary/aromatic N) is 1. The van der Waals surface area contributed by atoms with Gasteiger partial charge in [-0.3, -0.25) is 0 Å². The van der Waals surface area contributed by atoms with Crippen LogP contribution in [0, 0.1) is 0 Å². The van der Waals surface area contributed by atoms with E-state index >= 15 is 0 Å². The second-order valence-corrected chi connectivity index (χ2v) is 16.0. The van der Waals surface area contributed by atoms with E-state index in [-0.39, 0.29) is 0 Å². The van der Waals surface area contributed by atoms with Gasteiger partial charge in [0.05, 0.1) is 5.69 Å². The molecule has 0 bridgehead atoms. The van der Waals surface area contributed by atoms with Crippen LogP contribution >= 0.6 is 0 Å².